The summed E-state index contributed by atoms with van der Waals surface area (Å²) in [6, 6.07) is 1.77. The topological polar surface area (TPSA) is 101 Å². The molecule has 0 aromatic carbocycles. The van der Waals surface area contributed by atoms with Crippen LogP contribution >= 0.6 is 11.3 Å². The van der Waals surface area contributed by atoms with Gasteiger partial charge in [-0.1, -0.05) is 6.42 Å². The van der Waals surface area contributed by atoms with Crippen molar-refractivity contribution in [3.05, 3.63) is 17.1 Å². The lowest BCUT2D eigenvalue weighted by Crippen LogP contribution is -2.32. The fourth-order valence-corrected chi connectivity index (χ4v) is 3.76. The van der Waals surface area contributed by atoms with E-state index in [1.807, 2.05) is 0 Å². The van der Waals surface area contributed by atoms with Crippen LogP contribution in [0.2, 0.25) is 0 Å². The molecule has 1 aliphatic rings. The van der Waals surface area contributed by atoms with Crippen LogP contribution in [0.4, 0.5) is 5.69 Å². The first-order valence-electron chi connectivity index (χ1n) is 7.11. The molecule has 2 aromatic heterocycles. The van der Waals surface area contributed by atoms with E-state index in [0.717, 1.165) is 31.1 Å². The first kappa shape index (κ1) is 14.2. The normalized spacial score (nSPS) is 22.3. The molecule has 1 aliphatic carbocycles. The summed E-state index contributed by atoms with van der Waals surface area (Å²) < 4.78 is 0. The summed E-state index contributed by atoms with van der Waals surface area (Å²) in [5.74, 6) is 0.170. The lowest BCUT2D eigenvalue weighted by atomic mass is 9.87. The number of hydrogen-bond donors (Lipinski definition) is 3. The second-order valence-electron chi connectivity index (χ2n) is 5.49. The SMILES string of the molecule is Nc1c(C(=O)NCC2CCCC(O)C2)sc2nnccc12. The Morgan fingerprint density at radius 1 is 1.52 bits per heavy atom. The van der Waals surface area contributed by atoms with E-state index in [4.69, 9.17) is 5.73 Å². The van der Waals surface area contributed by atoms with Crippen molar-refractivity contribution in [3.8, 4) is 0 Å². The number of hydrogen-bond acceptors (Lipinski definition) is 6. The summed E-state index contributed by atoms with van der Waals surface area (Å²) in [5.41, 5.74) is 6.48. The van der Waals surface area contributed by atoms with Crippen LogP contribution in [0.25, 0.3) is 10.2 Å². The van der Waals surface area contributed by atoms with E-state index in [2.05, 4.69) is 15.5 Å². The number of aliphatic hydroxyl groups excluding tert-OH is 1. The van der Waals surface area contributed by atoms with Gasteiger partial charge in [0.2, 0.25) is 0 Å². The van der Waals surface area contributed by atoms with Crippen LogP contribution in [0.15, 0.2) is 12.3 Å². The number of amides is 1. The van der Waals surface area contributed by atoms with Crippen LogP contribution < -0.4 is 11.1 Å². The minimum atomic E-state index is -0.231. The van der Waals surface area contributed by atoms with Crippen LogP contribution in [0.5, 0.6) is 0 Å². The molecule has 3 rings (SSSR count). The first-order chi connectivity index (χ1) is 10.1. The number of anilines is 1. The second-order valence-corrected chi connectivity index (χ2v) is 6.49. The number of nitrogens with zero attached hydrogens (tertiary/aromatic N) is 2. The van der Waals surface area contributed by atoms with Gasteiger partial charge < -0.3 is 16.2 Å². The molecule has 4 N–H and O–H groups in total. The Hall–Kier alpha value is -1.73. The molecule has 0 bridgehead atoms. The molecule has 2 unspecified atom stereocenters. The quantitative estimate of drug-likeness (QED) is 0.798. The molecule has 21 heavy (non-hydrogen) atoms. The number of nitrogen functional groups attached to an aromatic ring is 1. The number of rotatable bonds is 3. The van der Waals surface area contributed by atoms with Gasteiger partial charge in [-0.25, -0.2) is 0 Å². The number of carbonyl (C=O) groups excluding carboxylic acids is 1. The first-order valence-corrected chi connectivity index (χ1v) is 7.92. The van der Waals surface area contributed by atoms with Crippen molar-refractivity contribution in [2.24, 2.45) is 5.92 Å². The summed E-state index contributed by atoms with van der Waals surface area (Å²) in [5, 5.41) is 21.1. The van der Waals surface area contributed by atoms with Crippen molar-refractivity contribution in [3.63, 3.8) is 0 Å². The van der Waals surface area contributed by atoms with Crippen LogP contribution in [0, 0.1) is 5.92 Å². The number of carbonyl (C=O) groups is 1. The standard InChI is InChI=1S/C14H18N4O2S/c15-11-10-4-5-17-18-14(10)21-12(11)13(20)16-7-8-2-1-3-9(19)6-8/h4-5,8-9,19H,1-3,6-7,15H2,(H,16,20). The Morgan fingerprint density at radius 3 is 3.14 bits per heavy atom. The summed E-state index contributed by atoms with van der Waals surface area (Å²) in [7, 11) is 0. The Labute approximate surface area is 126 Å². The minimum Gasteiger partial charge on any atom is -0.397 e. The molecular formula is C14H18N4O2S. The molecule has 7 heteroatoms. The van der Waals surface area contributed by atoms with E-state index >= 15 is 0 Å². The van der Waals surface area contributed by atoms with Gasteiger partial charge in [-0.3, -0.25) is 4.79 Å². The fourth-order valence-electron chi connectivity index (χ4n) is 2.81. The third-order valence-electron chi connectivity index (χ3n) is 3.93. The molecule has 0 aliphatic heterocycles. The molecule has 0 saturated heterocycles. The molecule has 0 spiro atoms. The number of nitrogens with one attached hydrogen (secondary N) is 1. The number of aliphatic hydroxyl groups is 1. The van der Waals surface area contributed by atoms with Crippen LogP contribution in [-0.4, -0.2) is 33.9 Å². The zero-order valence-corrected chi connectivity index (χ0v) is 12.4. The van der Waals surface area contributed by atoms with Crippen molar-refractivity contribution in [2.45, 2.75) is 31.8 Å². The van der Waals surface area contributed by atoms with Gasteiger partial charge in [-0.05, 0) is 31.2 Å². The van der Waals surface area contributed by atoms with Crippen molar-refractivity contribution in [1.82, 2.24) is 15.5 Å². The average Bonchev–Trinajstić information content (AvgIpc) is 2.83. The number of fused-ring (bicyclic) bond motifs is 1. The second kappa shape index (κ2) is 5.95. The summed E-state index contributed by atoms with van der Waals surface area (Å²) in [4.78, 5) is 13.4. The van der Waals surface area contributed by atoms with E-state index < -0.39 is 0 Å². The minimum absolute atomic E-state index is 0.171. The summed E-state index contributed by atoms with van der Waals surface area (Å²) >= 11 is 1.26. The Kier molecular flexibility index (Phi) is 4.03. The van der Waals surface area contributed by atoms with Crippen LogP contribution in [-0.2, 0) is 0 Å². The average molecular weight is 306 g/mol. The smallest absolute Gasteiger partial charge is 0.263 e. The van der Waals surface area contributed by atoms with Gasteiger partial charge in [-0.2, -0.15) is 5.10 Å². The third kappa shape index (κ3) is 2.98. The van der Waals surface area contributed by atoms with E-state index in [0.29, 0.717) is 27.9 Å². The van der Waals surface area contributed by atoms with E-state index in [-0.39, 0.29) is 12.0 Å². The summed E-state index contributed by atoms with van der Waals surface area (Å²) in [6.07, 6.45) is 5.02. The monoisotopic (exact) mass is 306 g/mol. The van der Waals surface area contributed by atoms with Crippen LogP contribution in [0.3, 0.4) is 0 Å². The third-order valence-corrected chi connectivity index (χ3v) is 5.04. The molecule has 1 saturated carbocycles. The zero-order valence-electron chi connectivity index (χ0n) is 11.6. The molecule has 0 radical (unpaired) electrons. The number of thiophene rings is 1. The molecule has 1 amide bonds. The largest absolute Gasteiger partial charge is 0.397 e. The number of nitrogens with two attached hydrogens (primary N) is 1. The van der Waals surface area contributed by atoms with Gasteiger partial charge in [-0.15, -0.1) is 16.4 Å². The maximum atomic E-state index is 12.3. The highest BCUT2D eigenvalue weighted by Crippen LogP contribution is 2.31. The molecule has 6 nitrogen and oxygen atoms in total. The highest BCUT2D eigenvalue weighted by Gasteiger charge is 2.22. The van der Waals surface area contributed by atoms with Gasteiger partial charge in [0.15, 0.2) is 0 Å². The van der Waals surface area contributed by atoms with Gasteiger partial charge in [0, 0.05) is 11.9 Å². The van der Waals surface area contributed by atoms with Gasteiger partial charge in [0.05, 0.1) is 18.0 Å². The predicted molar refractivity (Wildman–Crippen MR) is 82.1 cm³/mol. The molecule has 2 aromatic rings. The van der Waals surface area contributed by atoms with E-state index in [1.165, 1.54) is 11.3 Å². The van der Waals surface area contributed by atoms with Crippen molar-refractivity contribution < 1.29 is 9.90 Å². The molecular weight excluding hydrogens is 288 g/mol. The lowest BCUT2D eigenvalue weighted by molar-refractivity contribution is 0.0877. The van der Waals surface area contributed by atoms with Crippen molar-refractivity contribution >= 4 is 33.1 Å². The Balaban J connectivity index is 1.68. The number of aromatic nitrogens is 2. The van der Waals surface area contributed by atoms with Gasteiger partial charge in [0.25, 0.3) is 5.91 Å². The molecule has 1 fully saturated rings. The van der Waals surface area contributed by atoms with E-state index in [1.54, 1.807) is 12.3 Å². The molecule has 112 valence electrons. The van der Waals surface area contributed by atoms with Crippen LogP contribution in [0.1, 0.15) is 35.4 Å². The van der Waals surface area contributed by atoms with E-state index in [9.17, 15) is 9.90 Å². The Morgan fingerprint density at radius 2 is 2.38 bits per heavy atom. The Bertz CT molecular complexity index is 657. The van der Waals surface area contributed by atoms with Crippen molar-refractivity contribution in [1.29, 1.82) is 0 Å². The van der Waals surface area contributed by atoms with Gasteiger partial charge in [0.1, 0.15) is 9.71 Å². The maximum absolute atomic E-state index is 12.3. The molecule has 2 atom stereocenters. The lowest BCUT2D eigenvalue weighted by Gasteiger charge is -2.25. The van der Waals surface area contributed by atoms with Gasteiger partial charge >= 0.3 is 0 Å². The highest BCUT2D eigenvalue weighted by atomic mass is 32.1. The zero-order chi connectivity index (χ0) is 14.8. The molecule has 2 heterocycles. The van der Waals surface area contributed by atoms with Crippen molar-refractivity contribution in [2.75, 3.05) is 12.3 Å². The predicted octanol–water partition coefficient (Wildman–Crippen LogP) is 1.55. The summed E-state index contributed by atoms with van der Waals surface area (Å²) in [6.45, 7) is 0.579. The fraction of sp³-hybridized carbons (Fsp3) is 0.500. The maximum Gasteiger partial charge on any atom is 0.263 e. The highest BCUT2D eigenvalue weighted by molar-refractivity contribution is 7.21.